The second-order valence-electron chi connectivity index (χ2n) is 4.78. The Kier molecular flexibility index (Phi) is 4.94. The fraction of sp³-hybridized carbons (Fsp3) is 0.333. The molecule has 112 valence electrons. The van der Waals surface area contributed by atoms with Crippen molar-refractivity contribution in [2.24, 2.45) is 0 Å². The van der Waals surface area contributed by atoms with Crippen molar-refractivity contribution in [3.63, 3.8) is 0 Å². The molecule has 1 amide bonds. The number of rotatable bonds is 6. The minimum absolute atomic E-state index is 0.0847. The van der Waals surface area contributed by atoms with E-state index in [0.717, 1.165) is 22.3 Å². The number of carbonyl (C=O) groups is 1. The van der Waals surface area contributed by atoms with Crippen molar-refractivity contribution in [3.05, 3.63) is 30.0 Å². The summed E-state index contributed by atoms with van der Waals surface area (Å²) in [6, 6.07) is 7.45. The van der Waals surface area contributed by atoms with Gasteiger partial charge in [0.15, 0.2) is 0 Å². The highest BCUT2D eigenvalue weighted by Crippen LogP contribution is 2.25. The van der Waals surface area contributed by atoms with Gasteiger partial charge in [0.2, 0.25) is 5.91 Å². The molecule has 0 spiro atoms. The molecular weight excluding hydrogens is 268 g/mol. The van der Waals surface area contributed by atoms with E-state index in [1.165, 1.54) is 0 Å². The average Bonchev–Trinajstić information content (AvgIpc) is 2.45. The first-order valence-electron chi connectivity index (χ1n) is 6.76. The van der Waals surface area contributed by atoms with Gasteiger partial charge in [-0.3, -0.25) is 9.78 Å². The highest BCUT2D eigenvalue weighted by atomic mass is 16.5. The SMILES string of the molecule is COCCNC(=O)CNc1cc(C)nc2ccc(N)cc12. The van der Waals surface area contributed by atoms with Gasteiger partial charge in [-0.1, -0.05) is 0 Å². The third-order valence-corrected chi connectivity index (χ3v) is 3.03. The smallest absolute Gasteiger partial charge is 0.239 e. The number of nitrogen functional groups attached to an aromatic ring is 1. The van der Waals surface area contributed by atoms with Crippen LogP contribution >= 0.6 is 0 Å². The van der Waals surface area contributed by atoms with E-state index in [-0.39, 0.29) is 12.5 Å². The number of aromatic nitrogens is 1. The largest absolute Gasteiger partial charge is 0.399 e. The van der Waals surface area contributed by atoms with Crippen LogP contribution in [0.4, 0.5) is 11.4 Å². The molecule has 0 atom stereocenters. The lowest BCUT2D eigenvalue weighted by atomic mass is 10.1. The van der Waals surface area contributed by atoms with Crippen molar-refractivity contribution in [2.75, 3.05) is 37.9 Å². The predicted molar refractivity (Wildman–Crippen MR) is 84.3 cm³/mol. The van der Waals surface area contributed by atoms with Gasteiger partial charge in [-0.2, -0.15) is 0 Å². The third kappa shape index (κ3) is 4.06. The number of carbonyl (C=O) groups excluding carboxylic acids is 1. The average molecular weight is 288 g/mol. The van der Waals surface area contributed by atoms with E-state index < -0.39 is 0 Å². The van der Waals surface area contributed by atoms with Crippen molar-refractivity contribution >= 4 is 28.2 Å². The number of amides is 1. The molecule has 0 aliphatic carbocycles. The molecular formula is C15H20N4O2. The number of hydrogen-bond acceptors (Lipinski definition) is 5. The van der Waals surface area contributed by atoms with E-state index in [2.05, 4.69) is 15.6 Å². The fourth-order valence-electron chi connectivity index (χ4n) is 2.05. The number of benzene rings is 1. The van der Waals surface area contributed by atoms with Gasteiger partial charge < -0.3 is 21.1 Å². The van der Waals surface area contributed by atoms with Gasteiger partial charge >= 0.3 is 0 Å². The number of anilines is 2. The zero-order chi connectivity index (χ0) is 15.2. The van der Waals surface area contributed by atoms with Crippen molar-refractivity contribution in [3.8, 4) is 0 Å². The van der Waals surface area contributed by atoms with Crippen LogP contribution in [0.2, 0.25) is 0 Å². The number of fused-ring (bicyclic) bond motifs is 1. The molecule has 0 radical (unpaired) electrons. The first-order valence-corrected chi connectivity index (χ1v) is 6.76. The first kappa shape index (κ1) is 15.1. The quantitative estimate of drug-likeness (QED) is 0.551. The van der Waals surface area contributed by atoms with E-state index >= 15 is 0 Å². The maximum atomic E-state index is 11.7. The summed E-state index contributed by atoms with van der Waals surface area (Å²) in [6.45, 7) is 3.11. The van der Waals surface area contributed by atoms with Crippen molar-refractivity contribution < 1.29 is 9.53 Å². The molecule has 4 N–H and O–H groups in total. The summed E-state index contributed by atoms with van der Waals surface area (Å²) in [4.78, 5) is 16.2. The number of nitrogens with two attached hydrogens (primary N) is 1. The summed E-state index contributed by atoms with van der Waals surface area (Å²) < 4.78 is 4.88. The minimum atomic E-state index is -0.0847. The lowest BCUT2D eigenvalue weighted by Crippen LogP contribution is -2.32. The number of nitrogens with zero attached hydrogens (tertiary/aromatic N) is 1. The topological polar surface area (TPSA) is 89.3 Å². The van der Waals surface area contributed by atoms with Gasteiger partial charge in [0.1, 0.15) is 0 Å². The molecule has 0 fully saturated rings. The molecule has 2 aromatic rings. The summed E-state index contributed by atoms with van der Waals surface area (Å²) >= 11 is 0. The van der Waals surface area contributed by atoms with Crippen molar-refractivity contribution in [2.45, 2.75) is 6.92 Å². The number of pyridine rings is 1. The summed E-state index contributed by atoms with van der Waals surface area (Å²) in [5.74, 6) is -0.0847. The number of ether oxygens (including phenoxy) is 1. The Bertz CT molecular complexity index is 643. The third-order valence-electron chi connectivity index (χ3n) is 3.03. The van der Waals surface area contributed by atoms with Crippen LogP contribution < -0.4 is 16.4 Å². The lowest BCUT2D eigenvalue weighted by Gasteiger charge is -2.11. The van der Waals surface area contributed by atoms with Crippen LogP contribution in [0.15, 0.2) is 24.3 Å². The second kappa shape index (κ2) is 6.90. The molecule has 1 aromatic heterocycles. The molecule has 0 saturated carbocycles. The van der Waals surface area contributed by atoms with Crippen molar-refractivity contribution in [1.82, 2.24) is 10.3 Å². The molecule has 0 bridgehead atoms. The first-order chi connectivity index (χ1) is 10.1. The Labute approximate surface area is 123 Å². The van der Waals surface area contributed by atoms with Crippen LogP contribution in [-0.2, 0) is 9.53 Å². The Morgan fingerprint density at radius 2 is 2.19 bits per heavy atom. The van der Waals surface area contributed by atoms with Gasteiger partial charge in [-0.25, -0.2) is 0 Å². The highest BCUT2D eigenvalue weighted by Gasteiger charge is 2.06. The molecule has 6 nitrogen and oxygen atoms in total. The van der Waals surface area contributed by atoms with E-state index in [0.29, 0.717) is 18.8 Å². The summed E-state index contributed by atoms with van der Waals surface area (Å²) in [5.41, 5.74) is 9.08. The van der Waals surface area contributed by atoms with Crippen LogP contribution in [-0.4, -0.2) is 37.7 Å². The van der Waals surface area contributed by atoms with Crippen LogP contribution in [0.25, 0.3) is 10.9 Å². The number of hydrogen-bond donors (Lipinski definition) is 3. The molecule has 0 saturated heterocycles. The van der Waals surface area contributed by atoms with E-state index in [4.69, 9.17) is 10.5 Å². The summed E-state index contributed by atoms with van der Waals surface area (Å²) in [5, 5.41) is 6.80. The number of nitrogens with one attached hydrogen (secondary N) is 2. The molecule has 21 heavy (non-hydrogen) atoms. The summed E-state index contributed by atoms with van der Waals surface area (Å²) in [7, 11) is 1.60. The van der Waals surface area contributed by atoms with E-state index in [1.54, 1.807) is 7.11 Å². The molecule has 0 aliphatic heterocycles. The molecule has 1 aromatic carbocycles. The normalized spacial score (nSPS) is 10.6. The standard InChI is InChI=1S/C15H20N4O2/c1-10-7-14(18-9-15(20)17-5-6-21-2)12-8-11(16)3-4-13(12)19-10/h3-4,7-8H,5-6,9,16H2,1-2H3,(H,17,20)(H,18,19). The highest BCUT2D eigenvalue weighted by molar-refractivity contribution is 5.94. The molecule has 6 heteroatoms. The number of aryl methyl sites for hydroxylation is 1. The fourth-order valence-corrected chi connectivity index (χ4v) is 2.05. The second-order valence-corrected chi connectivity index (χ2v) is 4.78. The van der Waals surface area contributed by atoms with Crippen LogP contribution in [0, 0.1) is 6.92 Å². The van der Waals surface area contributed by atoms with Gasteiger partial charge in [0, 0.05) is 36.1 Å². The molecule has 0 unspecified atom stereocenters. The van der Waals surface area contributed by atoms with Gasteiger partial charge in [0.05, 0.1) is 18.7 Å². The van der Waals surface area contributed by atoms with Crippen LogP contribution in [0.5, 0.6) is 0 Å². The monoisotopic (exact) mass is 288 g/mol. The van der Waals surface area contributed by atoms with E-state index in [1.807, 2.05) is 31.2 Å². The Balaban J connectivity index is 2.10. The van der Waals surface area contributed by atoms with E-state index in [9.17, 15) is 4.79 Å². The summed E-state index contributed by atoms with van der Waals surface area (Å²) in [6.07, 6.45) is 0. The van der Waals surface area contributed by atoms with Crippen LogP contribution in [0.1, 0.15) is 5.69 Å². The van der Waals surface area contributed by atoms with Gasteiger partial charge in [-0.05, 0) is 31.2 Å². The molecule has 1 heterocycles. The maximum absolute atomic E-state index is 11.7. The maximum Gasteiger partial charge on any atom is 0.239 e. The molecule has 0 aliphatic rings. The van der Waals surface area contributed by atoms with Crippen molar-refractivity contribution in [1.29, 1.82) is 0 Å². The number of methoxy groups -OCH3 is 1. The Morgan fingerprint density at radius 1 is 1.38 bits per heavy atom. The predicted octanol–water partition coefficient (Wildman–Crippen LogP) is 1.30. The Hall–Kier alpha value is -2.34. The zero-order valence-electron chi connectivity index (χ0n) is 12.3. The molecule has 2 rings (SSSR count). The zero-order valence-corrected chi connectivity index (χ0v) is 12.3. The minimum Gasteiger partial charge on any atom is -0.399 e. The van der Waals surface area contributed by atoms with Gasteiger partial charge in [0.25, 0.3) is 0 Å². The van der Waals surface area contributed by atoms with Crippen LogP contribution in [0.3, 0.4) is 0 Å². The van der Waals surface area contributed by atoms with Gasteiger partial charge in [-0.15, -0.1) is 0 Å². The lowest BCUT2D eigenvalue weighted by molar-refractivity contribution is -0.119. The Morgan fingerprint density at radius 3 is 2.95 bits per heavy atom.